The van der Waals surface area contributed by atoms with Crippen LogP contribution in [0.2, 0.25) is 0 Å². The standard InChI is InChI=1S/C12H15IN4/c1-2-10(12-15-5-6-16-12)17-11-4-3-8(13)7-9(11)14/h3-7,10,17H,2,14H2,1H3,(H,15,16). The number of anilines is 2. The Morgan fingerprint density at radius 2 is 2.35 bits per heavy atom. The molecule has 0 aliphatic carbocycles. The van der Waals surface area contributed by atoms with E-state index in [-0.39, 0.29) is 6.04 Å². The van der Waals surface area contributed by atoms with E-state index in [1.807, 2.05) is 24.4 Å². The number of rotatable bonds is 4. The van der Waals surface area contributed by atoms with E-state index < -0.39 is 0 Å². The van der Waals surface area contributed by atoms with Gasteiger partial charge in [-0.05, 0) is 47.2 Å². The maximum Gasteiger partial charge on any atom is 0.128 e. The second kappa shape index (κ2) is 5.39. The highest BCUT2D eigenvalue weighted by atomic mass is 127. The van der Waals surface area contributed by atoms with E-state index >= 15 is 0 Å². The lowest BCUT2D eigenvalue weighted by Crippen LogP contribution is -2.12. The summed E-state index contributed by atoms with van der Waals surface area (Å²) in [6.45, 7) is 2.11. The zero-order valence-electron chi connectivity index (χ0n) is 9.57. The minimum Gasteiger partial charge on any atom is -0.397 e. The van der Waals surface area contributed by atoms with Gasteiger partial charge in [-0.15, -0.1) is 0 Å². The summed E-state index contributed by atoms with van der Waals surface area (Å²) in [6, 6.07) is 6.15. The van der Waals surface area contributed by atoms with Crippen LogP contribution >= 0.6 is 22.6 Å². The first kappa shape index (κ1) is 12.2. The molecule has 1 aromatic carbocycles. The summed E-state index contributed by atoms with van der Waals surface area (Å²) in [5, 5.41) is 3.40. The van der Waals surface area contributed by atoms with Crippen LogP contribution in [0, 0.1) is 3.57 Å². The number of nitrogen functional groups attached to an aromatic ring is 1. The zero-order valence-corrected chi connectivity index (χ0v) is 11.7. The Balaban J connectivity index is 2.19. The minimum atomic E-state index is 0.160. The molecule has 0 spiro atoms. The second-order valence-corrected chi connectivity index (χ2v) is 5.06. The number of nitrogens with zero attached hydrogens (tertiary/aromatic N) is 1. The molecule has 4 N–H and O–H groups in total. The molecular weight excluding hydrogens is 327 g/mol. The lowest BCUT2D eigenvalue weighted by Gasteiger charge is -2.17. The van der Waals surface area contributed by atoms with Gasteiger partial charge >= 0.3 is 0 Å². The lowest BCUT2D eigenvalue weighted by molar-refractivity contribution is 0.704. The molecule has 5 heteroatoms. The number of halogens is 1. The van der Waals surface area contributed by atoms with Gasteiger partial charge in [0.15, 0.2) is 0 Å². The molecule has 17 heavy (non-hydrogen) atoms. The van der Waals surface area contributed by atoms with Crippen LogP contribution in [0.15, 0.2) is 30.6 Å². The van der Waals surface area contributed by atoms with Gasteiger partial charge in [-0.1, -0.05) is 6.92 Å². The third-order valence-electron chi connectivity index (χ3n) is 2.60. The third kappa shape index (κ3) is 2.91. The number of H-pyrrole nitrogens is 1. The van der Waals surface area contributed by atoms with Gasteiger partial charge in [-0.25, -0.2) is 4.98 Å². The average Bonchev–Trinajstić information content (AvgIpc) is 2.81. The highest BCUT2D eigenvalue weighted by molar-refractivity contribution is 14.1. The number of aromatic amines is 1. The smallest absolute Gasteiger partial charge is 0.128 e. The normalized spacial score (nSPS) is 12.4. The molecule has 1 heterocycles. The fourth-order valence-corrected chi connectivity index (χ4v) is 2.20. The van der Waals surface area contributed by atoms with Gasteiger partial charge in [0.25, 0.3) is 0 Å². The number of nitrogens with two attached hydrogens (primary N) is 1. The van der Waals surface area contributed by atoms with Gasteiger partial charge in [0.2, 0.25) is 0 Å². The Morgan fingerprint density at radius 3 is 2.94 bits per heavy atom. The molecule has 0 saturated heterocycles. The van der Waals surface area contributed by atoms with Crippen molar-refractivity contribution in [3.63, 3.8) is 0 Å². The van der Waals surface area contributed by atoms with Crippen molar-refractivity contribution in [1.29, 1.82) is 0 Å². The summed E-state index contributed by atoms with van der Waals surface area (Å²) < 4.78 is 1.14. The van der Waals surface area contributed by atoms with E-state index in [9.17, 15) is 0 Å². The third-order valence-corrected chi connectivity index (χ3v) is 3.27. The minimum absolute atomic E-state index is 0.160. The van der Waals surface area contributed by atoms with E-state index in [1.54, 1.807) is 6.20 Å². The molecule has 1 atom stereocenters. The van der Waals surface area contributed by atoms with Crippen molar-refractivity contribution in [2.75, 3.05) is 11.1 Å². The first-order valence-electron chi connectivity index (χ1n) is 5.51. The van der Waals surface area contributed by atoms with Gasteiger partial charge in [0, 0.05) is 16.0 Å². The van der Waals surface area contributed by atoms with Crippen LogP contribution in [0.3, 0.4) is 0 Å². The lowest BCUT2D eigenvalue weighted by atomic mass is 10.2. The molecule has 0 radical (unpaired) electrons. The Labute approximate surface area is 114 Å². The first-order chi connectivity index (χ1) is 8.20. The molecule has 2 aromatic rings. The molecule has 0 aliphatic heterocycles. The maximum absolute atomic E-state index is 5.98. The van der Waals surface area contributed by atoms with Crippen LogP contribution in [-0.2, 0) is 0 Å². The van der Waals surface area contributed by atoms with Gasteiger partial charge < -0.3 is 16.0 Å². The van der Waals surface area contributed by atoms with Gasteiger partial charge in [-0.2, -0.15) is 0 Å². The van der Waals surface area contributed by atoms with Gasteiger partial charge in [0.05, 0.1) is 17.4 Å². The summed E-state index contributed by atoms with van der Waals surface area (Å²) in [4.78, 5) is 7.39. The number of imidazole rings is 1. The molecule has 1 aromatic heterocycles. The molecule has 2 rings (SSSR count). The van der Waals surface area contributed by atoms with Crippen LogP contribution in [0.1, 0.15) is 25.2 Å². The van der Waals surface area contributed by atoms with Crippen LogP contribution in [0.5, 0.6) is 0 Å². The zero-order chi connectivity index (χ0) is 12.3. The summed E-state index contributed by atoms with van der Waals surface area (Å²) >= 11 is 2.25. The van der Waals surface area contributed by atoms with Crippen LogP contribution in [0.25, 0.3) is 0 Å². The molecule has 0 fully saturated rings. The SMILES string of the molecule is CCC(Nc1ccc(I)cc1N)c1ncc[nH]1. The molecule has 0 amide bonds. The van der Waals surface area contributed by atoms with Crippen molar-refractivity contribution in [1.82, 2.24) is 9.97 Å². The first-order valence-corrected chi connectivity index (χ1v) is 6.59. The topological polar surface area (TPSA) is 66.7 Å². The van der Waals surface area contributed by atoms with Gasteiger partial charge in [-0.3, -0.25) is 0 Å². The monoisotopic (exact) mass is 342 g/mol. The Bertz CT molecular complexity index is 481. The van der Waals surface area contributed by atoms with Crippen LogP contribution in [-0.4, -0.2) is 9.97 Å². The Morgan fingerprint density at radius 1 is 1.53 bits per heavy atom. The second-order valence-electron chi connectivity index (χ2n) is 3.81. The quantitative estimate of drug-likeness (QED) is 0.591. The fourth-order valence-electron chi connectivity index (χ4n) is 1.68. The van der Waals surface area contributed by atoms with E-state index in [2.05, 4.69) is 44.8 Å². The average molecular weight is 342 g/mol. The van der Waals surface area contributed by atoms with Crippen molar-refractivity contribution in [2.24, 2.45) is 0 Å². The summed E-state index contributed by atoms with van der Waals surface area (Å²) in [5.41, 5.74) is 7.70. The highest BCUT2D eigenvalue weighted by Crippen LogP contribution is 2.26. The largest absolute Gasteiger partial charge is 0.397 e. The maximum atomic E-state index is 5.98. The fraction of sp³-hybridized carbons (Fsp3) is 0.250. The molecule has 90 valence electrons. The van der Waals surface area contributed by atoms with E-state index in [4.69, 9.17) is 5.73 Å². The molecule has 1 unspecified atom stereocenters. The van der Waals surface area contributed by atoms with Crippen molar-refractivity contribution in [3.05, 3.63) is 40.0 Å². The van der Waals surface area contributed by atoms with E-state index in [1.165, 1.54) is 0 Å². The van der Waals surface area contributed by atoms with Crippen molar-refractivity contribution in [2.45, 2.75) is 19.4 Å². The van der Waals surface area contributed by atoms with E-state index in [0.29, 0.717) is 0 Å². The molecule has 4 nitrogen and oxygen atoms in total. The molecule has 0 saturated carbocycles. The highest BCUT2D eigenvalue weighted by Gasteiger charge is 2.12. The van der Waals surface area contributed by atoms with E-state index in [0.717, 1.165) is 27.2 Å². The number of nitrogens with one attached hydrogen (secondary N) is 2. The number of hydrogen-bond acceptors (Lipinski definition) is 3. The molecule has 0 aliphatic rings. The predicted molar refractivity (Wildman–Crippen MR) is 78.8 cm³/mol. The summed E-state index contributed by atoms with van der Waals surface area (Å²) in [7, 11) is 0. The van der Waals surface area contributed by atoms with Crippen LogP contribution in [0.4, 0.5) is 11.4 Å². The molecular formula is C12H15IN4. The Hall–Kier alpha value is -1.24. The van der Waals surface area contributed by atoms with Crippen molar-refractivity contribution in [3.8, 4) is 0 Å². The van der Waals surface area contributed by atoms with Crippen LogP contribution < -0.4 is 11.1 Å². The summed E-state index contributed by atoms with van der Waals surface area (Å²) in [6.07, 6.45) is 4.53. The van der Waals surface area contributed by atoms with Crippen molar-refractivity contribution < 1.29 is 0 Å². The number of aromatic nitrogens is 2. The Kier molecular flexibility index (Phi) is 3.88. The molecule has 0 bridgehead atoms. The predicted octanol–water partition coefficient (Wildman–Crippen LogP) is 3.16. The van der Waals surface area contributed by atoms with Crippen molar-refractivity contribution >= 4 is 34.0 Å². The van der Waals surface area contributed by atoms with Gasteiger partial charge in [0.1, 0.15) is 5.82 Å². The number of hydrogen-bond donors (Lipinski definition) is 3. The summed E-state index contributed by atoms with van der Waals surface area (Å²) in [5.74, 6) is 0.936. The number of benzene rings is 1.